The van der Waals surface area contributed by atoms with Crippen LogP contribution in [0.1, 0.15) is 43.0 Å². The molecule has 0 aliphatic heterocycles. The van der Waals surface area contributed by atoms with Gasteiger partial charge in [-0.3, -0.25) is 0 Å². The smallest absolute Gasteiger partial charge is 0.0479 e. The molecule has 0 radical (unpaired) electrons. The second-order valence-corrected chi connectivity index (χ2v) is 6.38. The molecular weight excluding hydrogens is 288 g/mol. The predicted molar refractivity (Wildman–Crippen MR) is 101 cm³/mol. The number of rotatable bonds is 3. The summed E-state index contributed by atoms with van der Waals surface area (Å²) in [7, 11) is 0. The minimum atomic E-state index is 0.250. The first kappa shape index (κ1) is 18.3. The third-order valence-corrected chi connectivity index (χ3v) is 3.72. The summed E-state index contributed by atoms with van der Waals surface area (Å²) < 4.78 is 0. The molecule has 1 heteroatoms. The van der Waals surface area contributed by atoms with E-state index < -0.39 is 0 Å². The molecule has 0 unspecified atom stereocenters. The fraction of sp³-hybridized carbons (Fsp3) is 0.238. The molecule has 0 aliphatic carbocycles. The molecule has 0 bridgehead atoms. The third-order valence-electron chi connectivity index (χ3n) is 3.43. The van der Waals surface area contributed by atoms with Crippen molar-refractivity contribution in [2.75, 3.05) is 0 Å². The Morgan fingerprint density at radius 3 is 1.91 bits per heavy atom. The van der Waals surface area contributed by atoms with Gasteiger partial charge >= 0.3 is 0 Å². The zero-order valence-corrected chi connectivity index (χ0v) is 14.5. The van der Waals surface area contributed by atoms with Crippen molar-refractivity contribution in [2.24, 2.45) is 0 Å². The van der Waals surface area contributed by atoms with E-state index in [9.17, 15) is 0 Å². The van der Waals surface area contributed by atoms with E-state index in [1.807, 2.05) is 36.4 Å². The summed E-state index contributed by atoms with van der Waals surface area (Å²) in [6.45, 7) is 14.1. The lowest BCUT2D eigenvalue weighted by Crippen LogP contribution is -2.10. The Kier molecular flexibility index (Phi) is 7.14. The van der Waals surface area contributed by atoms with Crippen molar-refractivity contribution in [2.45, 2.75) is 32.1 Å². The van der Waals surface area contributed by atoms with Crippen molar-refractivity contribution < 1.29 is 0 Å². The molecule has 0 amide bonds. The van der Waals surface area contributed by atoms with E-state index in [0.717, 1.165) is 11.1 Å². The molecule has 0 spiro atoms. The fourth-order valence-corrected chi connectivity index (χ4v) is 2.22. The number of halogens is 1. The first-order valence-corrected chi connectivity index (χ1v) is 7.95. The average molecular weight is 313 g/mol. The summed E-state index contributed by atoms with van der Waals surface area (Å²) in [6, 6.07) is 16.5. The second kappa shape index (κ2) is 8.60. The van der Waals surface area contributed by atoms with Gasteiger partial charge in [0.2, 0.25) is 0 Å². The maximum Gasteiger partial charge on any atom is 0.0479 e. The van der Waals surface area contributed by atoms with Crippen LogP contribution in [0.2, 0.25) is 0 Å². The Morgan fingerprint density at radius 2 is 1.50 bits per heavy atom. The van der Waals surface area contributed by atoms with Crippen molar-refractivity contribution in [3.05, 3.63) is 83.9 Å². The Bertz CT molecular complexity index is 601. The fourth-order valence-electron chi connectivity index (χ4n) is 1.97. The van der Waals surface area contributed by atoms with Gasteiger partial charge in [0, 0.05) is 5.88 Å². The largest absolute Gasteiger partial charge is 0.122 e. The van der Waals surface area contributed by atoms with E-state index in [0.29, 0.717) is 5.88 Å². The quantitative estimate of drug-likeness (QED) is 0.553. The lowest BCUT2D eigenvalue weighted by Gasteiger charge is -2.18. The summed E-state index contributed by atoms with van der Waals surface area (Å²) >= 11 is 5.66. The number of hydrogen-bond donors (Lipinski definition) is 0. The third kappa shape index (κ3) is 5.54. The normalized spacial score (nSPS) is 10.4. The van der Waals surface area contributed by atoms with Gasteiger partial charge in [-0.15, -0.1) is 11.6 Å². The summed E-state index contributed by atoms with van der Waals surface area (Å²) in [4.78, 5) is 0. The van der Waals surface area contributed by atoms with Gasteiger partial charge < -0.3 is 0 Å². The molecule has 2 rings (SSSR count). The highest BCUT2D eigenvalue weighted by Crippen LogP contribution is 2.22. The molecule has 0 N–H and O–H groups in total. The van der Waals surface area contributed by atoms with Crippen LogP contribution in [0.15, 0.2) is 61.7 Å². The van der Waals surface area contributed by atoms with Gasteiger partial charge in [0.25, 0.3) is 0 Å². The van der Waals surface area contributed by atoms with Crippen LogP contribution < -0.4 is 0 Å². The van der Waals surface area contributed by atoms with E-state index in [4.69, 9.17) is 11.6 Å². The highest BCUT2D eigenvalue weighted by molar-refractivity contribution is 6.17. The van der Waals surface area contributed by atoms with Crippen molar-refractivity contribution in [3.63, 3.8) is 0 Å². The monoisotopic (exact) mass is 312 g/mol. The van der Waals surface area contributed by atoms with Gasteiger partial charge in [-0.25, -0.2) is 0 Å². The predicted octanol–water partition coefficient (Wildman–Crippen LogP) is 6.70. The molecule has 0 aromatic heterocycles. The van der Waals surface area contributed by atoms with Crippen LogP contribution in [0.3, 0.4) is 0 Å². The van der Waals surface area contributed by atoms with E-state index >= 15 is 0 Å². The van der Waals surface area contributed by atoms with E-state index in [2.05, 4.69) is 58.2 Å². The molecule has 0 saturated heterocycles. The van der Waals surface area contributed by atoms with Crippen molar-refractivity contribution >= 4 is 23.8 Å². The number of benzene rings is 2. The minimum Gasteiger partial charge on any atom is -0.122 e. The Hall–Kier alpha value is -1.79. The topological polar surface area (TPSA) is 0 Å². The molecule has 116 valence electrons. The van der Waals surface area contributed by atoms with Gasteiger partial charge in [-0.2, -0.15) is 0 Å². The van der Waals surface area contributed by atoms with Crippen LogP contribution in [0, 0.1) is 0 Å². The van der Waals surface area contributed by atoms with Crippen molar-refractivity contribution in [1.82, 2.24) is 0 Å². The first-order valence-electron chi connectivity index (χ1n) is 7.41. The van der Waals surface area contributed by atoms with E-state index in [-0.39, 0.29) is 5.41 Å². The van der Waals surface area contributed by atoms with Gasteiger partial charge in [0.15, 0.2) is 0 Å². The molecule has 0 saturated carbocycles. The molecule has 0 aliphatic rings. The molecule has 22 heavy (non-hydrogen) atoms. The van der Waals surface area contributed by atoms with Crippen LogP contribution in [0.4, 0.5) is 0 Å². The van der Waals surface area contributed by atoms with Crippen LogP contribution in [-0.2, 0) is 11.3 Å². The van der Waals surface area contributed by atoms with Gasteiger partial charge in [-0.1, -0.05) is 94.6 Å². The molecule has 2 aromatic carbocycles. The average Bonchev–Trinajstić information content (AvgIpc) is 2.54. The van der Waals surface area contributed by atoms with Crippen molar-refractivity contribution in [1.29, 1.82) is 0 Å². The van der Waals surface area contributed by atoms with Crippen LogP contribution in [0.25, 0.3) is 12.2 Å². The van der Waals surface area contributed by atoms with Gasteiger partial charge in [0.05, 0.1) is 0 Å². The lowest BCUT2D eigenvalue weighted by atomic mass is 9.87. The highest BCUT2D eigenvalue weighted by Gasteiger charge is 2.12. The lowest BCUT2D eigenvalue weighted by molar-refractivity contribution is 0.590. The molecule has 0 heterocycles. The van der Waals surface area contributed by atoms with Crippen LogP contribution >= 0.6 is 11.6 Å². The van der Waals surface area contributed by atoms with E-state index in [1.165, 1.54) is 11.1 Å². The standard InChI is InChI=1S/C12H16.C9H9Cl/c1-5-10-6-8-11(9-7-10)12(2,3)4;1-2-8-5-3-4-6-9(8)7-10/h5-9H,1H2,2-4H3;2-6H,1,7H2. The summed E-state index contributed by atoms with van der Waals surface area (Å²) in [5, 5.41) is 0. The van der Waals surface area contributed by atoms with Crippen molar-refractivity contribution in [3.8, 4) is 0 Å². The maximum atomic E-state index is 5.66. The van der Waals surface area contributed by atoms with Gasteiger partial charge in [-0.05, 0) is 27.7 Å². The number of alkyl halides is 1. The van der Waals surface area contributed by atoms with E-state index in [1.54, 1.807) is 0 Å². The SMILES string of the molecule is C=Cc1ccc(C(C)(C)C)cc1.C=Cc1ccccc1CCl. The minimum absolute atomic E-state index is 0.250. The van der Waals surface area contributed by atoms with Gasteiger partial charge in [0.1, 0.15) is 0 Å². The zero-order valence-electron chi connectivity index (χ0n) is 13.8. The molecule has 0 nitrogen and oxygen atoms in total. The second-order valence-electron chi connectivity index (χ2n) is 6.11. The Labute approximate surface area is 140 Å². The summed E-state index contributed by atoms with van der Waals surface area (Å²) in [5.41, 5.74) is 5.06. The Morgan fingerprint density at radius 1 is 0.909 bits per heavy atom. The molecule has 2 aromatic rings. The first-order chi connectivity index (χ1) is 10.4. The molecule has 0 atom stereocenters. The molecular formula is C21H25Cl. The maximum absolute atomic E-state index is 5.66. The highest BCUT2D eigenvalue weighted by atomic mass is 35.5. The van der Waals surface area contributed by atoms with Crippen LogP contribution in [0.5, 0.6) is 0 Å². The summed E-state index contributed by atoms with van der Waals surface area (Å²) in [6.07, 6.45) is 3.68. The van der Waals surface area contributed by atoms with Crippen LogP contribution in [-0.4, -0.2) is 0 Å². The zero-order chi connectivity index (χ0) is 16.6. The molecule has 0 fully saturated rings. The Balaban J connectivity index is 0.000000224. The summed E-state index contributed by atoms with van der Waals surface area (Å²) in [5.74, 6) is 0.558. The number of hydrogen-bond acceptors (Lipinski definition) is 0.